The van der Waals surface area contributed by atoms with Crippen molar-refractivity contribution in [3.05, 3.63) is 29.6 Å². The average molecular weight is 399 g/mol. The number of ether oxygens (including phenoxy) is 2. The summed E-state index contributed by atoms with van der Waals surface area (Å²) in [5, 5.41) is 2.57. The van der Waals surface area contributed by atoms with Crippen LogP contribution in [0, 0.1) is 5.82 Å². The molecular formula is C17H22FN3O5S. The van der Waals surface area contributed by atoms with Crippen molar-refractivity contribution in [3.8, 4) is 0 Å². The van der Waals surface area contributed by atoms with Crippen molar-refractivity contribution >= 4 is 27.3 Å². The zero-order valence-electron chi connectivity index (χ0n) is 15.1. The molecule has 2 heterocycles. The molecule has 148 valence electrons. The number of nitrogens with two attached hydrogens (primary N) is 1. The van der Waals surface area contributed by atoms with E-state index in [9.17, 15) is 17.6 Å². The van der Waals surface area contributed by atoms with E-state index in [-0.39, 0.29) is 37.6 Å². The quantitative estimate of drug-likeness (QED) is 0.764. The number of nitrogens with zero attached hydrogens (tertiary/aromatic N) is 1. The molecule has 2 aliphatic heterocycles. The number of aliphatic imine (C=N–C) groups is 1. The summed E-state index contributed by atoms with van der Waals surface area (Å²) in [5.41, 5.74) is 4.99. The molecule has 3 N–H and O–H groups in total. The average Bonchev–Trinajstić information content (AvgIpc) is 3.06. The molecule has 27 heavy (non-hydrogen) atoms. The van der Waals surface area contributed by atoms with Gasteiger partial charge in [0.1, 0.15) is 23.8 Å². The molecule has 10 heteroatoms. The Balaban J connectivity index is 2.03. The van der Waals surface area contributed by atoms with Gasteiger partial charge in [0, 0.05) is 25.0 Å². The van der Waals surface area contributed by atoms with Crippen molar-refractivity contribution in [2.75, 3.05) is 38.0 Å². The van der Waals surface area contributed by atoms with Gasteiger partial charge in [0.2, 0.25) is 5.91 Å². The van der Waals surface area contributed by atoms with Gasteiger partial charge in [-0.05, 0) is 31.5 Å². The molecular weight excluding hydrogens is 377 g/mol. The number of carbonyl (C=O) groups is 1. The second-order valence-corrected chi connectivity index (χ2v) is 9.30. The van der Waals surface area contributed by atoms with Gasteiger partial charge in [-0.1, -0.05) is 0 Å². The fourth-order valence-corrected chi connectivity index (χ4v) is 5.80. The lowest BCUT2D eigenvalue weighted by Crippen LogP contribution is -2.58. The third kappa shape index (κ3) is 3.32. The molecule has 1 aromatic rings. The molecule has 2 aliphatic rings. The highest BCUT2D eigenvalue weighted by atomic mass is 32.2. The Bertz CT molecular complexity index is 896. The monoisotopic (exact) mass is 399 g/mol. The third-order valence-electron chi connectivity index (χ3n) is 4.99. The highest BCUT2D eigenvalue weighted by Gasteiger charge is 2.57. The lowest BCUT2D eigenvalue weighted by molar-refractivity contribution is -0.119. The molecule has 8 nitrogen and oxygen atoms in total. The summed E-state index contributed by atoms with van der Waals surface area (Å²) in [6.07, 6.45) is 0.232. The van der Waals surface area contributed by atoms with Crippen molar-refractivity contribution in [3.63, 3.8) is 0 Å². The molecule has 0 aromatic heterocycles. The van der Waals surface area contributed by atoms with Crippen LogP contribution in [-0.4, -0.2) is 57.6 Å². The van der Waals surface area contributed by atoms with E-state index in [0.29, 0.717) is 5.69 Å². The van der Waals surface area contributed by atoms with Crippen LogP contribution in [0.3, 0.4) is 0 Å². The Labute approximate surface area is 156 Å². The highest BCUT2D eigenvalue weighted by molar-refractivity contribution is 7.93. The first kappa shape index (κ1) is 19.7. The van der Waals surface area contributed by atoms with Crippen molar-refractivity contribution < 1.29 is 27.1 Å². The number of hydrogen-bond acceptors (Lipinski definition) is 7. The number of amidine groups is 1. The van der Waals surface area contributed by atoms with E-state index in [2.05, 4.69) is 10.3 Å². The summed E-state index contributed by atoms with van der Waals surface area (Å²) in [5.74, 6) is -1.52. The Morgan fingerprint density at radius 1 is 1.48 bits per heavy atom. The van der Waals surface area contributed by atoms with Gasteiger partial charge in [-0.25, -0.2) is 12.8 Å². The van der Waals surface area contributed by atoms with Crippen LogP contribution in [0.4, 0.5) is 10.1 Å². The number of rotatable bonds is 4. The summed E-state index contributed by atoms with van der Waals surface area (Å²) in [7, 11) is -2.37. The van der Waals surface area contributed by atoms with E-state index in [4.69, 9.17) is 15.2 Å². The van der Waals surface area contributed by atoms with E-state index < -0.39 is 37.6 Å². The van der Waals surface area contributed by atoms with Crippen LogP contribution >= 0.6 is 0 Å². The normalized spacial score (nSPS) is 29.5. The highest BCUT2D eigenvalue weighted by Crippen LogP contribution is 2.41. The number of benzene rings is 1. The molecule has 0 saturated carbocycles. The first-order valence-electron chi connectivity index (χ1n) is 8.38. The van der Waals surface area contributed by atoms with Gasteiger partial charge in [-0.3, -0.25) is 9.79 Å². The van der Waals surface area contributed by atoms with Crippen LogP contribution in [0.25, 0.3) is 0 Å². The molecule has 1 spiro atoms. The summed E-state index contributed by atoms with van der Waals surface area (Å²) < 4.78 is 49.3. The maximum atomic E-state index is 14.6. The first-order chi connectivity index (χ1) is 12.6. The fraction of sp³-hybridized carbons (Fsp3) is 0.529. The van der Waals surface area contributed by atoms with E-state index in [1.165, 1.54) is 26.2 Å². The molecule has 0 radical (unpaired) electrons. The van der Waals surface area contributed by atoms with Crippen LogP contribution in [0.2, 0.25) is 0 Å². The zero-order valence-corrected chi connectivity index (χ0v) is 15.9. The predicted octanol–water partition coefficient (Wildman–Crippen LogP) is 0.571. The van der Waals surface area contributed by atoms with Crippen LogP contribution in [0.5, 0.6) is 0 Å². The maximum absolute atomic E-state index is 14.6. The van der Waals surface area contributed by atoms with Gasteiger partial charge in [0.25, 0.3) is 0 Å². The number of sulfone groups is 1. The van der Waals surface area contributed by atoms with Gasteiger partial charge < -0.3 is 20.5 Å². The van der Waals surface area contributed by atoms with Gasteiger partial charge in [-0.2, -0.15) is 0 Å². The van der Waals surface area contributed by atoms with E-state index in [0.717, 1.165) is 6.07 Å². The van der Waals surface area contributed by atoms with Crippen LogP contribution in [-0.2, 0) is 29.6 Å². The predicted molar refractivity (Wildman–Crippen MR) is 97.8 cm³/mol. The third-order valence-corrected chi connectivity index (χ3v) is 7.66. The van der Waals surface area contributed by atoms with Crippen molar-refractivity contribution in [1.29, 1.82) is 0 Å². The van der Waals surface area contributed by atoms with Crippen molar-refractivity contribution in [2.24, 2.45) is 10.7 Å². The number of carbonyl (C=O) groups excluding carboxylic acids is 1. The smallest absolute Gasteiger partial charge is 0.250 e. The largest absolute Gasteiger partial charge is 0.386 e. The minimum absolute atomic E-state index is 0.0398. The van der Waals surface area contributed by atoms with Crippen LogP contribution in [0.15, 0.2) is 23.2 Å². The SMILES string of the molecule is COCC(=O)Nc1ccc(F)c([C@]2(C)CS(=O)(=O)[C@]3(CCOC3)C(N)=N2)c1. The minimum Gasteiger partial charge on any atom is -0.386 e. The molecule has 1 saturated heterocycles. The molecule has 0 unspecified atom stereocenters. The molecule has 0 bridgehead atoms. The molecule has 1 aromatic carbocycles. The number of anilines is 1. The maximum Gasteiger partial charge on any atom is 0.250 e. The lowest BCUT2D eigenvalue weighted by atomic mass is 9.92. The molecule has 1 amide bonds. The molecule has 0 aliphatic carbocycles. The molecule has 1 fully saturated rings. The molecule has 2 atom stereocenters. The van der Waals surface area contributed by atoms with Crippen LogP contribution in [0.1, 0.15) is 18.9 Å². The van der Waals surface area contributed by atoms with E-state index >= 15 is 0 Å². The topological polar surface area (TPSA) is 120 Å². The summed E-state index contributed by atoms with van der Waals surface area (Å²) in [6.45, 7) is 1.59. The van der Waals surface area contributed by atoms with E-state index in [1.807, 2.05) is 0 Å². The number of amides is 1. The van der Waals surface area contributed by atoms with Gasteiger partial charge >= 0.3 is 0 Å². The number of halogens is 1. The van der Waals surface area contributed by atoms with Crippen LogP contribution < -0.4 is 11.1 Å². The standard InChI is InChI=1S/C17H22FN3O5S/c1-16(10-27(23,24)17(15(19)21-16)5-6-26-9-17)12-7-11(3-4-13(12)18)20-14(22)8-25-2/h3-4,7H,5-6,8-10H2,1-2H3,(H2,19,21)(H,20,22)/t16-,17-/m0/s1. The number of methoxy groups -OCH3 is 1. The fourth-order valence-electron chi connectivity index (χ4n) is 3.54. The van der Waals surface area contributed by atoms with Gasteiger partial charge in [-0.15, -0.1) is 0 Å². The Kier molecular flexibility index (Phi) is 5.00. The lowest BCUT2D eigenvalue weighted by Gasteiger charge is -2.39. The summed E-state index contributed by atoms with van der Waals surface area (Å²) in [4.78, 5) is 16.1. The number of hydrogen-bond donors (Lipinski definition) is 2. The summed E-state index contributed by atoms with van der Waals surface area (Å²) in [6, 6.07) is 3.91. The van der Waals surface area contributed by atoms with Crippen molar-refractivity contribution in [2.45, 2.75) is 23.6 Å². The van der Waals surface area contributed by atoms with E-state index in [1.54, 1.807) is 0 Å². The molecule has 3 rings (SSSR count). The zero-order chi connectivity index (χ0) is 19.9. The summed E-state index contributed by atoms with van der Waals surface area (Å²) >= 11 is 0. The first-order valence-corrected chi connectivity index (χ1v) is 10.0. The second kappa shape index (κ2) is 6.84. The van der Waals surface area contributed by atoms with Gasteiger partial charge in [0.05, 0.1) is 12.4 Å². The second-order valence-electron chi connectivity index (χ2n) is 7.00. The van der Waals surface area contributed by atoms with Gasteiger partial charge in [0.15, 0.2) is 14.6 Å². The number of nitrogens with one attached hydrogen (secondary N) is 1. The Morgan fingerprint density at radius 3 is 2.81 bits per heavy atom. The van der Waals surface area contributed by atoms with Crippen molar-refractivity contribution in [1.82, 2.24) is 0 Å². The Hall–Kier alpha value is -2.04. The Morgan fingerprint density at radius 2 is 2.22 bits per heavy atom. The minimum atomic E-state index is -3.74.